The van der Waals surface area contributed by atoms with Gasteiger partial charge in [0.2, 0.25) is 0 Å². The SMILES string of the molecule is Cc1nc2ccccc2n1[C@H]1C[C@H]2CC[C@@H](C1)N2CCC1(c2ccccc2)CCN(C(=O)c2ccccc2O)CC1. The highest BCUT2D eigenvalue weighted by molar-refractivity contribution is 5.96. The van der Waals surface area contributed by atoms with Gasteiger partial charge < -0.3 is 14.6 Å². The average molecular weight is 549 g/mol. The molecule has 4 aromatic rings. The Morgan fingerprint density at radius 1 is 0.878 bits per heavy atom. The zero-order valence-electron chi connectivity index (χ0n) is 24.0. The lowest BCUT2D eigenvalue weighted by Crippen LogP contribution is -2.49. The number of para-hydroxylation sites is 3. The van der Waals surface area contributed by atoms with Crippen LogP contribution >= 0.6 is 0 Å². The molecule has 6 nitrogen and oxygen atoms in total. The first-order valence-corrected chi connectivity index (χ1v) is 15.3. The number of nitrogens with zero attached hydrogens (tertiary/aromatic N) is 4. The van der Waals surface area contributed by atoms with Gasteiger partial charge in [0.25, 0.3) is 5.91 Å². The minimum atomic E-state index is -0.0628. The van der Waals surface area contributed by atoms with Crippen LogP contribution in [0.5, 0.6) is 5.75 Å². The summed E-state index contributed by atoms with van der Waals surface area (Å²) in [5.74, 6) is 1.14. The van der Waals surface area contributed by atoms with E-state index in [0.717, 1.165) is 37.1 Å². The number of amides is 1. The van der Waals surface area contributed by atoms with Crippen molar-refractivity contribution in [1.29, 1.82) is 0 Å². The molecule has 4 heterocycles. The van der Waals surface area contributed by atoms with Gasteiger partial charge in [-0.05, 0) is 93.7 Å². The van der Waals surface area contributed by atoms with Crippen LogP contribution in [0.4, 0.5) is 0 Å². The molecular weight excluding hydrogens is 508 g/mol. The minimum Gasteiger partial charge on any atom is -0.507 e. The highest BCUT2D eigenvalue weighted by Crippen LogP contribution is 2.45. The molecule has 7 rings (SSSR count). The monoisotopic (exact) mass is 548 g/mol. The summed E-state index contributed by atoms with van der Waals surface area (Å²) in [7, 11) is 0. The van der Waals surface area contributed by atoms with Gasteiger partial charge in [-0.25, -0.2) is 4.98 Å². The summed E-state index contributed by atoms with van der Waals surface area (Å²) < 4.78 is 2.51. The molecule has 41 heavy (non-hydrogen) atoms. The van der Waals surface area contributed by atoms with Crippen LogP contribution in [0, 0.1) is 6.92 Å². The average Bonchev–Trinajstić information content (AvgIpc) is 3.47. The van der Waals surface area contributed by atoms with Crippen LogP contribution in [0.25, 0.3) is 11.0 Å². The highest BCUT2D eigenvalue weighted by Gasteiger charge is 2.44. The van der Waals surface area contributed by atoms with E-state index in [9.17, 15) is 9.90 Å². The molecule has 6 heteroatoms. The molecule has 0 saturated carbocycles. The lowest BCUT2D eigenvalue weighted by molar-refractivity contribution is 0.0604. The van der Waals surface area contributed by atoms with Gasteiger partial charge >= 0.3 is 0 Å². The second-order valence-electron chi connectivity index (χ2n) is 12.5. The predicted octanol–water partition coefficient (Wildman–Crippen LogP) is 6.48. The van der Waals surface area contributed by atoms with Crippen LogP contribution in [0.2, 0.25) is 0 Å². The summed E-state index contributed by atoms with van der Waals surface area (Å²) in [6.07, 6.45) is 7.96. The molecule has 0 spiro atoms. The molecule has 1 aromatic heterocycles. The number of imidazole rings is 1. The largest absolute Gasteiger partial charge is 0.507 e. The summed E-state index contributed by atoms with van der Waals surface area (Å²) in [6.45, 7) is 4.69. The van der Waals surface area contributed by atoms with Crippen LogP contribution in [0.15, 0.2) is 78.9 Å². The molecule has 3 aliphatic heterocycles. The van der Waals surface area contributed by atoms with Crippen molar-refractivity contribution in [2.45, 2.75) is 75.4 Å². The number of piperidine rings is 2. The summed E-state index contributed by atoms with van der Waals surface area (Å²) in [6, 6.07) is 28.2. The van der Waals surface area contributed by atoms with E-state index in [2.05, 4.69) is 71.0 Å². The maximum Gasteiger partial charge on any atom is 0.257 e. The second-order valence-corrected chi connectivity index (χ2v) is 12.5. The summed E-state index contributed by atoms with van der Waals surface area (Å²) in [5, 5.41) is 10.3. The van der Waals surface area contributed by atoms with Crippen LogP contribution in [0.1, 0.15) is 72.7 Å². The predicted molar refractivity (Wildman–Crippen MR) is 162 cm³/mol. The normalized spacial score (nSPS) is 24.1. The first-order valence-electron chi connectivity index (χ1n) is 15.3. The van der Waals surface area contributed by atoms with Crippen molar-refractivity contribution in [2.75, 3.05) is 19.6 Å². The molecule has 0 radical (unpaired) electrons. The van der Waals surface area contributed by atoms with Crippen LogP contribution < -0.4 is 0 Å². The highest BCUT2D eigenvalue weighted by atomic mass is 16.3. The zero-order chi connectivity index (χ0) is 28.0. The topological polar surface area (TPSA) is 61.6 Å². The molecule has 1 N–H and O–H groups in total. The van der Waals surface area contributed by atoms with E-state index in [1.807, 2.05) is 11.0 Å². The molecule has 3 saturated heterocycles. The van der Waals surface area contributed by atoms with Gasteiger partial charge in [-0.2, -0.15) is 0 Å². The Morgan fingerprint density at radius 2 is 1.54 bits per heavy atom. The summed E-state index contributed by atoms with van der Waals surface area (Å²) in [4.78, 5) is 22.9. The van der Waals surface area contributed by atoms with E-state index in [-0.39, 0.29) is 17.1 Å². The first kappa shape index (κ1) is 26.3. The number of carbonyl (C=O) groups is 1. The number of aromatic hydroxyl groups is 1. The molecule has 212 valence electrons. The Bertz CT molecular complexity index is 1520. The number of rotatable bonds is 6. The molecule has 3 aromatic carbocycles. The van der Waals surface area contributed by atoms with Crippen molar-refractivity contribution in [3.8, 4) is 5.75 Å². The first-order chi connectivity index (χ1) is 20.0. The van der Waals surface area contributed by atoms with Gasteiger partial charge in [0, 0.05) is 31.2 Å². The van der Waals surface area contributed by atoms with Crippen molar-refractivity contribution >= 4 is 16.9 Å². The molecule has 3 aliphatic rings. The molecule has 3 fully saturated rings. The van der Waals surface area contributed by atoms with Crippen molar-refractivity contribution in [3.63, 3.8) is 0 Å². The third-order valence-corrected chi connectivity index (χ3v) is 10.4. The van der Waals surface area contributed by atoms with Crippen molar-refractivity contribution in [2.24, 2.45) is 0 Å². The van der Waals surface area contributed by atoms with E-state index < -0.39 is 0 Å². The van der Waals surface area contributed by atoms with Gasteiger partial charge in [0.05, 0.1) is 16.6 Å². The quantitative estimate of drug-likeness (QED) is 0.300. The van der Waals surface area contributed by atoms with E-state index in [1.165, 1.54) is 36.8 Å². The van der Waals surface area contributed by atoms with Crippen LogP contribution in [-0.4, -0.2) is 62.1 Å². The van der Waals surface area contributed by atoms with Crippen molar-refractivity contribution < 1.29 is 9.90 Å². The molecule has 2 bridgehead atoms. The number of likely N-dealkylation sites (tertiary alicyclic amines) is 1. The van der Waals surface area contributed by atoms with Crippen LogP contribution in [0.3, 0.4) is 0 Å². The Kier molecular flexibility index (Phi) is 6.82. The van der Waals surface area contributed by atoms with Crippen LogP contribution in [-0.2, 0) is 5.41 Å². The third kappa shape index (κ3) is 4.72. The standard InChI is InChI=1S/C35H40N4O2/c1-25-36-31-12-6-7-13-32(31)39(25)29-23-27-15-16-28(24-29)38(27)22-19-35(26-9-3-2-4-10-26)17-20-37(21-18-35)34(41)30-11-5-8-14-33(30)40/h2-14,27-29,40H,15-24H2,1H3/t27-,28+,29+. The number of aromatic nitrogens is 2. The van der Waals surface area contributed by atoms with E-state index in [4.69, 9.17) is 4.98 Å². The fourth-order valence-electron chi connectivity index (χ4n) is 8.23. The van der Waals surface area contributed by atoms with Gasteiger partial charge in [0.15, 0.2) is 0 Å². The Labute approximate surface area is 242 Å². The summed E-state index contributed by atoms with van der Waals surface area (Å²) in [5.41, 5.74) is 4.25. The number of aryl methyl sites for hydroxylation is 1. The van der Waals surface area contributed by atoms with Gasteiger partial charge in [-0.1, -0.05) is 54.6 Å². The van der Waals surface area contributed by atoms with E-state index >= 15 is 0 Å². The number of fused-ring (bicyclic) bond motifs is 3. The third-order valence-electron chi connectivity index (χ3n) is 10.4. The Hall–Kier alpha value is -3.64. The van der Waals surface area contributed by atoms with E-state index in [0.29, 0.717) is 36.8 Å². The summed E-state index contributed by atoms with van der Waals surface area (Å²) >= 11 is 0. The van der Waals surface area contributed by atoms with E-state index in [1.54, 1.807) is 18.2 Å². The fraction of sp³-hybridized carbons (Fsp3) is 0.429. The van der Waals surface area contributed by atoms with Crippen molar-refractivity contribution in [1.82, 2.24) is 19.4 Å². The number of benzene rings is 3. The molecule has 0 aliphatic carbocycles. The number of phenols is 1. The molecule has 1 amide bonds. The number of hydrogen-bond acceptors (Lipinski definition) is 4. The molecule has 3 atom stereocenters. The number of hydrogen-bond donors (Lipinski definition) is 1. The number of carbonyl (C=O) groups excluding carboxylic acids is 1. The van der Waals surface area contributed by atoms with Gasteiger partial charge in [-0.3, -0.25) is 9.69 Å². The Morgan fingerprint density at radius 3 is 2.27 bits per heavy atom. The lowest BCUT2D eigenvalue weighted by Gasteiger charge is -2.45. The smallest absolute Gasteiger partial charge is 0.257 e. The molecule has 0 unspecified atom stereocenters. The van der Waals surface area contributed by atoms with Gasteiger partial charge in [-0.15, -0.1) is 0 Å². The zero-order valence-corrected chi connectivity index (χ0v) is 24.0. The van der Waals surface area contributed by atoms with Crippen molar-refractivity contribution in [3.05, 3.63) is 95.8 Å². The Balaban J connectivity index is 1.07. The second kappa shape index (κ2) is 10.6. The fourth-order valence-corrected chi connectivity index (χ4v) is 8.23. The minimum absolute atomic E-state index is 0.0597. The number of phenolic OH excluding ortho intramolecular Hbond substituents is 1. The van der Waals surface area contributed by atoms with Gasteiger partial charge in [0.1, 0.15) is 11.6 Å². The lowest BCUT2D eigenvalue weighted by atomic mass is 9.70. The maximum atomic E-state index is 13.3. The maximum absolute atomic E-state index is 13.3. The molecular formula is C35H40N4O2.